The number of ketones is 1. The monoisotopic (exact) mass is 593 g/mol. The molecule has 8 heteroatoms. The van der Waals surface area contributed by atoms with E-state index in [0.717, 1.165) is 5.56 Å². The molecule has 4 rings (SSSR count). The maximum absolute atomic E-state index is 14.4. The lowest BCUT2D eigenvalue weighted by Gasteiger charge is -2.37. The minimum atomic E-state index is -4.07. The minimum absolute atomic E-state index is 0.118. The summed E-state index contributed by atoms with van der Waals surface area (Å²) in [5.41, 5.74) is 1.93. The fourth-order valence-corrected chi connectivity index (χ4v) is 7.64. The number of sulfonamides is 1. The molecule has 0 spiro atoms. The molecule has 3 atom stereocenters. The number of rotatable bonds is 9. The fourth-order valence-electron chi connectivity index (χ4n) is 5.37. The molecule has 0 saturated carbocycles. The third kappa shape index (κ3) is 6.64. The first-order valence-corrected chi connectivity index (χ1v) is 15.4. The van der Waals surface area contributed by atoms with Gasteiger partial charge in [-0.3, -0.25) is 9.59 Å². The normalized spacial score (nSPS) is 18.5. The number of aryl methyl sites for hydroxylation is 1. The number of Topliss-reactive ketones (excluding diaryl/α,β-unsaturated/α-hetero) is 1. The van der Waals surface area contributed by atoms with Crippen LogP contribution in [0.5, 0.6) is 0 Å². The van der Waals surface area contributed by atoms with E-state index >= 15 is 0 Å². The number of ether oxygens (including phenoxy) is 1. The number of esters is 1. The predicted molar refractivity (Wildman–Crippen MR) is 161 cm³/mol. The van der Waals surface area contributed by atoms with Crippen molar-refractivity contribution in [3.63, 3.8) is 0 Å². The zero-order valence-electron chi connectivity index (χ0n) is 24.0. The average molecular weight is 594 g/mol. The minimum Gasteiger partial charge on any atom is -0.469 e. The summed E-state index contributed by atoms with van der Waals surface area (Å²) >= 11 is 6.19. The Morgan fingerprint density at radius 2 is 1.56 bits per heavy atom. The van der Waals surface area contributed by atoms with Gasteiger partial charge in [0.25, 0.3) is 0 Å². The summed E-state index contributed by atoms with van der Waals surface area (Å²) in [5.74, 6) is -1.51. The van der Waals surface area contributed by atoms with Gasteiger partial charge < -0.3 is 4.74 Å². The van der Waals surface area contributed by atoms with E-state index in [2.05, 4.69) is 0 Å². The molecular formula is C33H36ClNO5S. The van der Waals surface area contributed by atoms with E-state index in [1.54, 1.807) is 61.5 Å². The lowest BCUT2D eigenvalue weighted by molar-refractivity contribution is -0.146. The van der Waals surface area contributed by atoms with Crippen LogP contribution in [0.1, 0.15) is 49.9 Å². The van der Waals surface area contributed by atoms with Crippen molar-refractivity contribution >= 4 is 33.4 Å². The number of hydrogen-bond acceptors (Lipinski definition) is 5. The van der Waals surface area contributed by atoms with Gasteiger partial charge in [-0.05, 0) is 53.6 Å². The lowest BCUT2D eigenvalue weighted by atomic mass is 9.86. The molecule has 0 saturated heterocycles. The highest BCUT2D eigenvalue weighted by Crippen LogP contribution is 2.47. The van der Waals surface area contributed by atoms with Crippen molar-refractivity contribution in [2.75, 3.05) is 7.11 Å². The molecule has 0 bridgehead atoms. The molecule has 3 aromatic rings. The second-order valence-electron chi connectivity index (χ2n) is 11.5. The molecule has 0 amide bonds. The summed E-state index contributed by atoms with van der Waals surface area (Å²) in [5, 5.41) is 0.498. The first-order chi connectivity index (χ1) is 19.3. The Bertz CT molecular complexity index is 1540. The van der Waals surface area contributed by atoms with Crippen LogP contribution in [0.2, 0.25) is 5.02 Å². The number of carbonyl (C=O) groups excluding carboxylic acids is 2. The molecule has 3 aromatic carbocycles. The van der Waals surface area contributed by atoms with E-state index in [4.69, 9.17) is 16.3 Å². The van der Waals surface area contributed by atoms with E-state index in [-0.39, 0.29) is 17.1 Å². The molecule has 0 aromatic heterocycles. The van der Waals surface area contributed by atoms with Crippen LogP contribution in [-0.4, -0.2) is 37.6 Å². The molecule has 216 valence electrons. The fraction of sp³-hybridized carbons (Fsp3) is 0.333. The van der Waals surface area contributed by atoms with Gasteiger partial charge in [-0.25, -0.2) is 8.42 Å². The van der Waals surface area contributed by atoms with Crippen molar-refractivity contribution in [1.82, 2.24) is 4.31 Å². The van der Waals surface area contributed by atoms with Crippen molar-refractivity contribution in [1.29, 1.82) is 0 Å². The van der Waals surface area contributed by atoms with Gasteiger partial charge in [0.05, 0.1) is 24.0 Å². The maximum Gasteiger partial charge on any atom is 0.309 e. The van der Waals surface area contributed by atoms with Gasteiger partial charge in [-0.1, -0.05) is 99.1 Å². The van der Waals surface area contributed by atoms with Gasteiger partial charge in [0, 0.05) is 23.1 Å². The molecule has 0 radical (unpaired) electrons. The molecular weight excluding hydrogens is 558 g/mol. The Labute approximate surface area is 248 Å². The Hall–Kier alpha value is -3.26. The summed E-state index contributed by atoms with van der Waals surface area (Å²) in [6, 6.07) is 21.6. The van der Waals surface area contributed by atoms with Crippen LogP contribution in [0.15, 0.2) is 95.4 Å². The second kappa shape index (κ2) is 12.3. The Morgan fingerprint density at radius 3 is 2.15 bits per heavy atom. The zero-order valence-corrected chi connectivity index (χ0v) is 25.6. The third-order valence-corrected chi connectivity index (χ3v) is 9.75. The summed E-state index contributed by atoms with van der Waals surface area (Å²) < 4.78 is 35.4. The van der Waals surface area contributed by atoms with E-state index in [1.165, 1.54) is 11.4 Å². The van der Waals surface area contributed by atoms with Crippen LogP contribution in [0, 0.1) is 18.3 Å². The van der Waals surface area contributed by atoms with Crippen molar-refractivity contribution in [2.24, 2.45) is 11.3 Å². The highest BCUT2D eigenvalue weighted by atomic mass is 35.5. The first kappa shape index (κ1) is 30.7. The smallest absolute Gasteiger partial charge is 0.309 e. The van der Waals surface area contributed by atoms with Crippen LogP contribution in [0.3, 0.4) is 0 Å². The quantitative estimate of drug-likeness (QED) is 0.257. The second-order valence-corrected chi connectivity index (χ2v) is 13.8. The van der Waals surface area contributed by atoms with Gasteiger partial charge in [0.2, 0.25) is 10.0 Å². The van der Waals surface area contributed by atoms with Gasteiger partial charge in [-0.2, -0.15) is 4.31 Å². The van der Waals surface area contributed by atoms with Crippen molar-refractivity contribution < 1.29 is 22.7 Å². The Morgan fingerprint density at radius 1 is 0.951 bits per heavy atom. The number of carbonyl (C=O) groups is 2. The van der Waals surface area contributed by atoms with Gasteiger partial charge in [0.15, 0.2) is 5.78 Å². The summed E-state index contributed by atoms with van der Waals surface area (Å²) in [6.07, 6.45) is 1.98. The molecule has 41 heavy (non-hydrogen) atoms. The number of methoxy groups -OCH3 is 1. The predicted octanol–water partition coefficient (Wildman–Crippen LogP) is 6.73. The number of halogens is 1. The molecule has 6 nitrogen and oxygen atoms in total. The zero-order chi connectivity index (χ0) is 29.9. The standard InChI is InChI=1S/C33H36ClNO5S/c1-22-11-9-10-14-29(22)41(38,39)35-30(33(2,3)4)21-27(31(35)24-15-17-26(34)18-16-24)28(36)20-25(32(37)40-5)19-23-12-7-6-8-13-23/h6-18,21,25,30-31H,19-20H2,1-5H3/t25-,30+,31?/m1/s1. The van der Waals surface area contributed by atoms with Crippen LogP contribution in [-0.2, 0) is 30.8 Å². The van der Waals surface area contributed by atoms with E-state index in [0.29, 0.717) is 28.1 Å². The van der Waals surface area contributed by atoms with Gasteiger partial charge in [-0.15, -0.1) is 0 Å². The highest BCUT2D eigenvalue weighted by molar-refractivity contribution is 7.89. The summed E-state index contributed by atoms with van der Waals surface area (Å²) in [6.45, 7) is 7.62. The van der Waals surface area contributed by atoms with E-state index in [9.17, 15) is 18.0 Å². The van der Waals surface area contributed by atoms with E-state index < -0.39 is 39.4 Å². The number of nitrogens with zero attached hydrogens (tertiary/aromatic N) is 1. The van der Waals surface area contributed by atoms with E-state index in [1.807, 2.05) is 51.1 Å². The summed E-state index contributed by atoms with van der Waals surface area (Å²) in [7, 11) is -2.76. The largest absolute Gasteiger partial charge is 0.469 e. The third-order valence-electron chi connectivity index (χ3n) is 7.50. The van der Waals surface area contributed by atoms with Crippen molar-refractivity contribution in [2.45, 2.75) is 57.5 Å². The van der Waals surface area contributed by atoms with Crippen LogP contribution < -0.4 is 0 Å². The number of benzene rings is 3. The SMILES string of the molecule is COC(=O)[C@@H](CC(=O)C1=C[C@@H](C(C)(C)C)N(S(=O)(=O)c2ccccc2C)C1c1ccc(Cl)cc1)Cc1ccccc1. The maximum atomic E-state index is 14.4. The van der Waals surface area contributed by atoms with Crippen LogP contribution in [0.25, 0.3) is 0 Å². The van der Waals surface area contributed by atoms with Crippen molar-refractivity contribution in [3.8, 4) is 0 Å². The molecule has 1 aliphatic heterocycles. The molecule has 1 unspecified atom stereocenters. The molecule has 1 heterocycles. The number of hydrogen-bond donors (Lipinski definition) is 0. The lowest BCUT2D eigenvalue weighted by Crippen LogP contribution is -2.45. The molecule has 0 N–H and O–H groups in total. The van der Waals surface area contributed by atoms with Gasteiger partial charge in [0.1, 0.15) is 0 Å². The first-order valence-electron chi connectivity index (χ1n) is 13.6. The Kier molecular flexibility index (Phi) is 9.22. The van der Waals surface area contributed by atoms with Crippen molar-refractivity contribution in [3.05, 3.63) is 112 Å². The Balaban J connectivity index is 1.83. The molecule has 0 fully saturated rings. The summed E-state index contributed by atoms with van der Waals surface area (Å²) in [4.78, 5) is 27.1. The van der Waals surface area contributed by atoms with Crippen LogP contribution >= 0.6 is 11.6 Å². The van der Waals surface area contributed by atoms with Crippen LogP contribution in [0.4, 0.5) is 0 Å². The highest BCUT2D eigenvalue weighted by Gasteiger charge is 2.49. The molecule has 1 aliphatic rings. The average Bonchev–Trinajstić information content (AvgIpc) is 3.36. The topological polar surface area (TPSA) is 80.8 Å². The van der Waals surface area contributed by atoms with Gasteiger partial charge >= 0.3 is 5.97 Å². The molecule has 0 aliphatic carbocycles.